The van der Waals surface area contributed by atoms with E-state index in [1.807, 2.05) is 6.92 Å². The van der Waals surface area contributed by atoms with E-state index in [1.165, 1.54) is 0 Å². The number of halogens is 1. The molecular weight excluding hydrogens is 385 g/mol. The van der Waals surface area contributed by atoms with Crippen LogP contribution in [0.2, 0.25) is 0 Å². The summed E-state index contributed by atoms with van der Waals surface area (Å²) >= 11 is 0. The standard InChI is InChI=1S/C14H25N3O3.HI/c1-2-19-12-10-11(14(12)4-3-7-20-14)16-13(15)17-5-8-18-9-6-17;/h11-12H,2-10H2,1H3,(H2,15,16);1H. The molecule has 0 amide bonds. The third-order valence-electron chi connectivity index (χ3n) is 4.62. The van der Waals surface area contributed by atoms with E-state index in [0.29, 0.717) is 5.96 Å². The van der Waals surface area contributed by atoms with Crippen LogP contribution in [0.25, 0.3) is 0 Å². The molecule has 1 aliphatic carbocycles. The third kappa shape index (κ3) is 3.30. The fourth-order valence-corrected chi connectivity index (χ4v) is 3.46. The number of rotatable bonds is 3. The lowest BCUT2D eigenvalue weighted by Crippen LogP contribution is -2.64. The molecule has 3 unspecified atom stereocenters. The highest BCUT2D eigenvalue weighted by Gasteiger charge is 2.59. The van der Waals surface area contributed by atoms with Gasteiger partial charge in [0.15, 0.2) is 5.96 Å². The molecule has 3 atom stereocenters. The minimum atomic E-state index is -0.215. The number of aliphatic imine (C=N–C) groups is 1. The molecule has 3 fully saturated rings. The Morgan fingerprint density at radius 2 is 2.14 bits per heavy atom. The van der Waals surface area contributed by atoms with Gasteiger partial charge in [0.1, 0.15) is 5.60 Å². The van der Waals surface area contributed by atoms with Gasteiger partial charge >= 0.3 is 0 Å². The van der Waals surface area contributed by atoms with Crippen molar-refractivity contribution < 1.29 is 14.2 Å². The second-order valence-corrected chi connectivity index (χ2v) is 5.69. The summed E-state index contributed by atoms with van der Waals surface area (Å²) in [6.07, 6.45) is 3.22. The van der Waals surface area contributed by atoms with Crippen LogP contribution in [0.5, 0.6) is 0 Å². The summed E-state index contributed by atoms with van der Waals surface area (Å²) in [6, 6.07) is 0.143. The number of guanidine groups is 1. The second kappa shape index (κ2) is 7.43. The first-order valence-electron chi connectivity index (χ1n) is 7.68. The molecule has 0 radical (unpaired) electrons. The molecule has 2 heterocycles. The van der Waals surface area contributed by atoms with Gasteiger partial charge in [0.2, 0.25) is 0 Å². The van der Waals surface area contributed by atoms with Crippen molar-refractivity contribution in [1.29, 1.82) is 0 Å². The molecule has 21 heavy (non-hydrogen) atoms. The van der Waals surface area contributed by atoms with Crippen molar-refractivity contribution in [3.05, 3.63) is 0 Å². The zero-order valence-electron chi connectivity index (χ0n) is 12.6. The Bertz CT molecular complexity index is 368. The average Bonchev–Trinajstić information content (AvgIpc) is 2.99. The molecule has 2 saturated heterocycles. The van der Waals surface area contributed by atoms with E-state index in [9.17, 15) is 0 Å². The monoisotopic (exact) mass is 411 g/mol. The van der Waals surface area contributed by atoms with Gasteiger partial charge in [0.05, 0.1) is 25.4 Å². The summed E-state index contributed by atoms with van der Waals surface area (Å²) in [5.74, 6) is 0.628. The molecule has 7 heteroatoms. The fraction of sp³-hybridized carbons (Fsp3) is 0.929. The molecule has 0 aromatic carbocycles. The quantitative estimate of drug-likeness (QED) is 0.426. The van der Waals surface area contributed by atoms with Crippen LogP contribution in [0, 0.1) is 0 Å². The first-order chi connectivity index (χ1) is 9.76. The van der Waals surface area contributed by atoms with Crippen LogP contribution in [0.3, 0.4) is 0 Å². The number of nitrogens with two attached hydrogens (primary N) is 1. The van der Waals surface area contributed by atoms with E-state index in [1.54, 1.807) is 0 Å². The van der Waals surface area contributed by atoms with E-state index in [2.05, 4.69) is 4.90 Å². The van der Waals surface area contributed by atoms with E-state index in [-0.39, 0.29) is 41.7 Å². The van der Waals surface area contributed by atoms with Gasteiger partial charge in [0, 0.05) is 32.7 Å². The van der Waals surface area contributed by atoms with Gasteiger partial charge in [0.25, 0.3) is 0 Å². The van der Waals surface area contributed by atoms with Gasteiger partial charge in [-0.25, -0.2) is 4.99 Å². The Morgan fingerprint density at radius 1 is 1.38 bits per heavy atom. The van der Waals surface area contributed by atoms with E-state index in [4.69, 9.17) is 24.9 Å². The highest BCUT2D eigenvalue weighted by atomic mass is 127. The molecule has 1 spiro atoms. The Morgan fingerprint density at radius 3 is 2.76 bits per heavy atom. The smallest absolute Gasteiger partial charge is 0.191 e. The largest absolute Gasteiger partial charge is 0.378 e. The highest BCUT2D eigenvalue weighted by Crippen LogP contribution is 2.47. The highest BCUT2D eigenvalue weighted by molar-refractivity contribution is 14.0. The number of hydrogen-bond donors (Lipinski definition) is 1. The van der Waals surface area contributed by atoms with Crippen molar-refractivity contribution in [2.45, 2.75) is 43.9 Å². The maximum absolute atomic E-state index is 6.15. The Balaban J connectivity index is 0.00000161. The first-order valence-corrected chi connectivity index (χ1v) is 7.68. The van der Waals surface area contributed by atoms with Crippen LogP contribution in [-0.4, -0.2) is 68.1 Å². The van der Waals surface area contributed by atoms with Crippen molar-refractivity contribution in [3.63, 3.8) is 0 Å². The minimum Gasteiger partial charge on any atom is -0.378 e. The maximum atomic E-state index is 6.15. The molecular formula is C14H26IN3O3. The minimum absolute atomic E-state index is 0. The predicted molar refractivity (Wildman–Crippen MR) is 91.2 cm³/mol. The van der Waals surface area contributed by atoms with Crippen molar-refractivity contribution >= 4 is 29.9 Å². The molecule has 0 aromatic rings. The lowest BCUT2D eigenvalue weighted by Gasteiger charge is -2.50. The Labute approximate surface area is 143 Å². The van der Waals surface area contributed by atoms with Crippen molar-refractivity contribution in [3.8, 4) is 0 Å². The van der Waals surface area contributed by atoms with Crippen LogP contribution >= 0.6 is 24.0 Å². The zero-order chi connectivity index (χ0) is 14.0. The Hall–Kier alpha value is -0.120. The molecule has 0 aromatic heterocycles. The fourth-order valence-electron chi connectivity index (χ4n) is 3.46. The van der Waals surface area contributed by atoms with Gasteiger partial charge in [-0.1, -0.05) is 0 Å². The molecule has 3 rings (SSSR count). The molecule has 122 valence electrons. The lowest BCUT2D eigenvalue weighted by molar-refractivity contribution is -0.189. The third-order valence-corrected chi connectivity index (χ3v) is 4.62. The molecule has 0 bridgehead atoms. The molecule has 2 N–H and O–H groups in total. The SMILES string of the molecule is CCOC1CC(N=C(N)N2CCOCC2)C12CCCO2.I. The van der Waals surface area contributed by atoms with Gasteiger partial charge in [-0.2, -0.15) is 0 Å². The van der Waals surface area contributed by atoms with Crippen LogP contribution in [0.1, 0.15) is 26.2 Å². The predicted octanol–water partition coefficient (Wildman–Crippen LogP) is 0.978. The number of hydrogen-bond acceptors (Lipinski definition) is 4. The molecule has 1 saturated carbocycles. The number of morpholine rings is 1. The van der Waals surface area contributed by atoms with Crippen molar-refractivity contribution in [2.75, 3.05) is 39.5 Å². The van der Waals surface area contributed by atoms with Crippen LogP contribution in [-0.2, 0) is 14.2 Å². The summed E-state index contributed by atoms with van der Waals surface area (Å²) in [5, 5.41) is 0. The second-order valence-electron chi connectivity index (χ2n) is 5.69. The van der Waals surface area contributed by atoms with Gasteiger partial charge in [-0.15, -0.1) is 24.0 Å². The van der Waals surface area contributed by atoms with E-state index < -0.39 is 0 Å². The Kier molecular flexibility index (Phi) is 6.10. The van der Waals surface area contributed by atoms with Crippen LogP contribution in [0.4, 0.5) is 0 Å². The number of ether oxygens (including phenoxy) is 3. The van der Waals surface area contributed by atoms with Crippen molar-refractivity contribution in [2.24, 2.45) is 10.7 Å². The maximum Gasteiger partial charge on any atom is 0.191 e. The van der Waals surface area contributed by atoms with Crippen LogP contribution < -0.4 is 5.73 Å². The van der Waals surface area contributed by atoms with Gasteiger partial charge < -0.3 is 24.8 Å². The van der Waals surface area contributed by atoms with E-state index in [0.717, 1.165) is 58.8 Å². The van der Waals surface area contributed by atoms with Crippen LogP contribution in [0.15, 0.2) is 4.99 Å². The molecule has 2 aliphatic heterocycles. The normalized spacial score (nSPS) is 36.4. The molecule has 3 aliphatic rings. The van der Waals surface area contributed by atoms with E-state index >= 15 is 0 Å². The summed E-state index contributed by atoms with van der Waals surface area (Å²) < 4.78 is 17.2. The van der Waals surface area contributed by atoms with Gasteiger partial charge in [-0.05, 0) is 19.8 Å². The van der Waals surface area contributed by atoms with Gasteiger partial charge in [-0.3, -0.25) is 0 Å². The van der Waals surface area contributed by atoms with Crippen molar-refractivity contribution in [1.82, 2.24) is 4.90 Å². The summed E-state index contributed by atoms with van der Waals surface area (Å²) in [7, 11) is 0. The number of nitrogens with zero attached hydrogens (tertiary/aromatic N) is 2. The zero-order valence-corrected chi connectivity index (χ0v) is 15.0. The summed E-state index contributed by atoms with van der Waals surface area (Å²) in [4.78, 5) is 6.83. The summed E-state index contributed by atoms with van der Waals surface area (Å²) in [5.41, 5.74) is 5.94. The average molecular weight is 411 g/mol. The lowest BCUT2D eigenvalue weighted by atomic mass is 9.70. The first kappa shape index (κ1) is 17.2. The summed E-state index contributed by atoms with van der Waals surface area (Å²) in [6.45, 7) is 6.67. The molecule has 6 nitrogen and oxygen atoms in total. The topological polar surface area (TPSA) is 69.3 Å².